The number of nitrogens with two attached hydrogens (primary N) is 1. The van der Waals surface area contributed by atoms with Gasteiger partial charge in [0.2, 0.25) is 0 Å². The maximum absolute atomic E-state index is 9.93. The predicted octanol–water partition coefficient (Wildman–Crippen LogP) is 3.92. The summed E-state index contributed by atoms with van der Waals surface area (Å²) in [6, 6.07) is 5.28. The van der Waals surface area contributed by atoms with Crippen molar-refractivity contribution < 1.29 is 9.84 Å². The minimum absolute atomic E-state index is 0.227. The molecule has 1 atom stereocenters. The molecule has 6 nitrogen and oxygen atoms in total. The van der Waals surface area contributed by atoms with E-state index in [-0.39, 0.29) is 17.8 Å². The zero-order valence-electron chi connectivity index (χ0n) is 15.8. The van der Waals surface area contributed by atoms with E-state index in [1.165, 1.54) is 0 Å². The summed E-state index contributed by atoms with van der Waals surface area (Å²) >= 11 is 12.4. The van der Waals surface area contributed by atoms with Gasteiger partial charge in [0.25, 0.3) is 0 Å². The summed E-state index contributed by atoms with van der Waals surface area (Å²) in [5.74, 6) is 0.915. The van der Waals surface area contributed by atoms with Crippen LogP contribution in [0.2, 0.25) is 10.0 Å². The van der Waals surface area contributed by atoms with E-state index in [1.54, 1.807) is 18.2 Å². The molecule has 1 aromatic heterocycles. The van der Waals surface area contributed by atoms with Crippen molar-refractivity contribution in [2.24, 2.45) is 5.41 Å². The van der Waals surface area contributed by atoms with E-state index >= 15 is 0 Å². The number of hydrogen-bond acceptors (Lipinski definition) is 6. The van der Waals surface area contributed by atoms with Gasteiger partial charge in [0.1, 0.15) is 11.4 Å². The molecule has 2 aromatic rings. The molecule has 2 aliphatic heterocycles. The highest BCUT2D eigenvalue weighted by Crippen LogP contribution is 2.43. The van der Waals surface area contributed by atoms with E-state index in [2.05, 4.69) is 21.8 Å². The van der Waals surface area contributed by atoms with Gasteiger partial charge in [-0.15, -0.1) is 0 Å². The third-order valence-corrected chi connectivity index (χ3v) is 6.67. The number of benzene rings is 1. The summed E-state index contributed by atoms with van der Waals surface area (Å²) in [5.41, 5.74) is 8.04. The van der Waals surface area contributed by atoms with E-state index in [9.17, 15) is 5.11 Å². The van der Waals surface area contributed by atoms with Gasteiger partial charge in [-0.05, 0) is 37.7 Å². The number of halogens is 2. The molecule has 3 N–H and O–H groups in total. The Morgan fingerprint density at radius 3 is 2.68 bits per heavy atom. The van der Waals surface area contributed by atoms with E-state index < -0.39 is 0 Å². The lowest BCUT2D eigenvalue weighted by molar-refractivity contribution is 0.0975. The van der Waals surface area contributed by atoms with Crippen molar-refractivity contribution in [2.45, 2.75) is 38.9 Å². The minimum Gasteiger partial charge on any atom is -0.390 e. The molecule has 2 fully saturated rings. The number of rotatable bonds is 3. The Morgan fingerprint density at radius 1 is 1.29 bits per heavy atom. The quantitative estimate of drug-likeness (QED) is 0.779. The van der Waals surface area contributed by atoms with Crippen LogP contribution in [0.15, 0.2) is 18.2 Å². The van der Waals surface area contributed by atoms with Gasteiger partial charge < -0.3 is 20.5 Å². The molecule has 28 heavy (non-hydrogen) atoms. The average Bonchev–Trinajstić information content (AvgIpc) is 3.05. The second kappa shape index (κ2) is 7.67. The number of piperidine rings is 1. The average molecular weight is 423 g/mol. The van der Waals surface area contributed by atoms with Crippen molar-refractivity contribution >= 4 is 34.8 Å². The van der Waals surface area contributed by atoms with Crippen molar-refractivity contribution in [3.05, 3.63) is 33.9 Å². The van der Waals surface area contributed by atoms with Crippen molar-refractivity contribution in [3.8, 4) is 11.3 Å². The summed E-state index contributed by atoms with van der Waals surface area (Å²) in [7, 11) is 0. The third-order valence-electron chi connectivity index (χ3n) is 5.85. The SMILES string of the molecule is C[C@H]1CC2(CCN(c3nc(N)c(-c4cccc(Cl)c4Cl)nc3CO)CC2)CO1. The molecular formula is C20H24Cl2N4O2. The largest absolute Gasteiger partial charge is 0.390 e. The van der Waals surface area contributed by atoms with E-state index in [0.717, 1.165) is 39.0 Å². The fraction of sp³-hybridized carbons (Fsp3) is 0.500. The summed E-state index contributed by atoms with van der Waals surface area (Å²) in [5, 5.41) is 10.7. The zero-order chi connectivity index (χ0) is 19.9. The van der Waals surface area contributed by atoms with E-state index in [4.69, 9.17) is 33.7 Å². The predicted molar refractivity (Wildman–Crippen MR) is 112 cm³/mol. The molecule has 150 valence electrons. The minimum atomic E-state index is -0.227. The molecule has 0 amide bonds. The molecule has 0 bridgehead atoms. The van der Waals surface area contributed by atoms with Crippen molar-refractivity contribution in [1.82, 2.24) is 9.97 Å². The van der Waals surface area contributed by atoms with E-state index in [1.807, 2.05) is 0 Å². The number of ether oxygens (including phenoxy) is 1. The summed E-state index contributed by atoms with van der Waals surface area (Å²) < 4.78 is 5.81. The molecule has 3 heterocycles. The van der Waals surface area contributed by atoms with Crippen molar-refractivity contribution in [1.29, 1.82) is 0 Å². The van der Waals surface area contributed by atoms with Crippen molar-refractivity contribution in [2.75, 3.05) is 30.3 Å². The monoisotopic (exact) mass is 422 g/mol. The van der Waals surface area contributed by atoms with Gasteiger partial charge in [0.05, 0.1) is 29.4 Å². The number of aliphatic hydroxyl groups is 1. The van der Waals surface area contributed by atoms with Crippen LogP contribution in [-0.2, 0) is 11.3 Å². The molecule has 0 radical (unpaired) electrons. The molecule has 0 unspecified atom stereocenters. The van der Waals surface area contributed by atoms with Gasteiger partial charge in [0, 0.05) is 18.7 Å². The van der Waals surface area contributed by atoms with E-state index in [0.29, 0.717) is 38.9 Å². The second-order valence-electron chi connectivity index (χ2n) is 7.80. The molecule has 2 aliphatic rings. The van der Waals surface area contributed by atoms with Gasteiger partial charge in [0.15, 0.2) is 11.6 Å². The lowest BCUT2D eigenvalue weighted by Gasteiger charge is -2.39. The number of nitrogens with zero attached hydrogens (tertiary/aromatic N) is 3. The summed E-state index contributed by atoms with van der Waals surface area (Å²) in [6.45, 7) is 4.42. The Hall–Kier alpha value is -1.60. The van der Waals surface area contributed by atoms with Gasteiger partial charge in [-0.1, -0.05) is 35.3 Å². The molecule has 0 saturated carbocycles. The van der Waals surface area contributed by atoms with Gasteiger partial charge in [-0.25, -0.2) is 9.97 Å². The van der Waals surface area contributed by atoms with Crippen molar-refractivity contribution in [3.63, 3.8) is 0 Å². The number of aromatic nitrogens is 2. The summed E-state index contributed by atoms with van der Waals surface area (Å²) in [4.78, 5) is 11.3. The van der Waals surface area contributed by atoms with Gasteiger partial charge in [-0.3, -0.25) is 0 Å². The molecule has 1 aromatic carbocycles. The first-order valence-electron chi connectivity index (χ1n) is 9.51. The lowest BCUT2D eigenvalue weighted by Crippen LogP contribution is -2.41. The maximum Gasteiger partial charge on any atom is 0.155 e. The Bertz CT molecular complexity index is 885. The first-order valence-corrected chi connectivity index (χ1v) is 10.3. The van der Waals surface area contributed by atoms with Crippen LogP contribution in [-0.4, -0.2) is 40.9 Å². The highest BCUT2D eigenvalue weighted by molar-refractivity contribution is 6.43. The second-order valence-corrected chi connectivity index (χ2v) is 8.59. The molecule has 4 rings (SSSR count). The molecule has 2 saturated heterocycles. The van der Waals surface area contributed by atoms with Crippen LogP contribution in [0.4, 0.5) is 11.6 Å². The van der Waals surface area contributed by atoms with Crippen LogP contribution < -0.4 is 10.6 Å². The Kier molecular flexibility index (Phi) is 5.40. The first-order chi connectivity index (χ1) is 13.4. The van der Waals surface area contributed by atoms with Crippen LogP contribution in [0, 0.1) is 5.41 Å². The molecule has 8 heteroatoms. The Labute approximate surface area is 174 Å². The number of nitrogen functional groups attached to an aromatic ring is 1. The zero-order valence-corrected chi connectivity index (χ0v) is 17.3. The lowest BCUT2D eigenvalue weighted by atomic mass is 9.77. The first kappa shape index (κ1) is 19.7. The number of anilines is 2. The number of hydrogen-bond donors (Lipinski definition) is 2. The highest BCUT2D eigenvalue weighted by atomic mass is 35.5. The summed E-state index contributed by atoms with van der Waals surface area (Å²) in [6.07, 6.45) is 3.50. The van der Waals surface area contributed by atoms with Gasteiger partial charge >= 0.3 is 0 Å². The molecule has 1 spiro atoms. The topological polar surface area (TPSA) is 84.5 Å². The highest BCUT2D eigenvalue weighted by Gasteiger charge is 2.41. The van der Waals surface area contributed by atoms with Gasteiger partial charge in [-0.2, -0.15) is 0 Å². The normalized spacial score (nSPS) is 21.4. The Balaban J connectivity index is 1.62. The van der Waals surface area contributed by atoms with Crippen LogP contribution >= 0.6 is 23.2 Å². The fourth-order valence-corrected chi connectivity index (χ4v) is 4.70. The van der Waals surface area contributed by atoms with Crippen LogP contribution in [0.1, 0.15) is 31.9 Å². The maximum atomic E-state index is 9.93. The van der Waals surface area contributed by atoms with Crippen LogP contribution in [0.25, 0.3) is 11.3 Å². The number of aliphatic hydroxyl groups excluding tert-OH is 1. The molecular weight excluding hydrogens is 399 g/mol. The van der Waals surface area contributed by atoms with Crippen LogP contribution in [0.5, 0.6) is 0 Å². The van der Waals surface area contributed by atoms with Crippen LogP contribution in [0.3, 0.4) is 0 Å². The third kappa shape index (κ3) is 3.54. The fourth-order valence-electron chi connectivity index (χ4n) is 4.31. The molecule has 0 aliphatic carbocycles. The standard InChI is InChI=1S/C20H24Cl2N4O2/c1-12-9-20(11-28-12)5-7-26(8-6-20)19-15(10-27)24-17(18(23)25-19)13-3-2-4-14(21)16(13)22/h2-4,12,27H,5-11H2,1H3,(H2,23,25)/t12-/m0/s1. The Morgan fingerprint density at radius 2 is 2.04 bits per heavy atom. The smallest absolute Gasteiger partial charge is 0.155 e.